The number of hydrogen-bond donors (Lipinski definition) is 1. The van der Waals surface area contributed by atoms with Gasteiger partial charge in [-0.1, -0.05) is 6.07 Å². The highest BCUT2D eigenvalue weighted by Crippen LogP contribution is 2.16. The van der Waals surface area contributed by atoms with Crippen LogP contribution in [0, 0.1) is 13.8 Å². The molecule has 19 heavy (non-hydrogen) atoms. The molecule has 5 nitrogen and oxygen atoms in total. The lowest BCUT2D eigenvalue weighted by Crippen LogP contribution is -2.44. The van der Waals surface area contributed by atoms with Crippen LogP contribution in [-0.4, -0.2) is 31.6 Å². The van der Waals surface area contributed by atoms with E-state index in [4.69, 9.17) is 4.74 Å². The second-order valence-corrected chi connectivity index (χ2v) is 4.33. The predicted molar refractivity (Wildman–Crippen MR) is 71.0 cm³/mol. The number of amides is 1. The van der Waals surface area contributed by atoms with Crippen molar-refractivity contribution in [3.8, 4) is 5.75 Å². The third-order valence-corrected chi connectivity index (χ3v) is 2.76. The molecule has 0 heterocycles. The molecule has 1 amide bonds. The van der Waals surface area contributed by atoms with Crippen molar-refractivity contribution in [2.24, 2.45) is 0 Å². The van der Waals surface area contributed by atoms with Crippen LogP contribution in [0.2, 0.25) is 0 Å². The van der Waals surface area contributed by atoms with Crippen molar-refractivity contribution < 1.29 is 19.1 Å². The minimum atomic E-state index is -0.802. The van der Waals surface area contributed by atoms with Crippen LogP contribution >= 0.6 is 0 Å². The van der Waals surface area contributed by atoms with E-state index >= 15 is 0 Å². The van der Waals surface area contributed by atoms with E-state index in [1.807, 2.05) is 32.0 Å². The van der Waals surface area contributed by atoms with Crippen LogP contribution in [0.1, 0.15) is 18.1 Å². The van der Waals surface area contributed by atoms with Crippen LogP contribution in [0.5, 0.6) is 5.75 Å². The monoisotopic (exact) mass is 265 g/mol. The molecule has 1 aromatic carbocycles. The zero-order valence-corrected chi connectivity index (χ0v) is 11.6. The van der Waals surface area contributed by atoms with E-state index in [1.165, 1.54) is 19.6 Å². The number of ether oxygens (including phenoxy) is 2. The summed E-state index contributed by atoms with van der Waals surface area (Å²) in [6, 6.07) is 4.85. The largest absolute Gasteiger partial charge is 0.491 e. The zero-order valence-electron chi connectivity index (χ0n) is 11.6. The van der Waals surface area contributed by atoms with Crippen LogP contribution in [0.25, 0.3) is 0 Å². The van der Waals surface area contributed by atoms with Gasteiger partial charge in [0.1, 0.15) is 12.4 Å². The van der Waals surface area contributed by atoms with E-state index < -0.39 is 12.0 Å². The summed E-state index contributed by atoms with van der Waals surface area (Å²) >= 11 is 0. The maximum atomic E-state index is 11.5. The molecule has 1 aromatic rings. The molecule has 1 rings (SSSR count). The summed E-state index contributed by atoms with van der Waals surface area (Å²) in [4.78, 5) is 22.5. The second-order valence-electron chi connectivity index (χ2n) is 4.33. The average Bonchev–Trinajstić information content (AvgIpc) is 2.37. The Morgan fingerprint density at radius 3 is 2.47 bits per heavy atom. The Kier molecular flexibility index (Phi) is 5.36. The number of rotatable bonds is 5. The molecule has 0 aliphatic carbocycles. The first-order valence-electron chi connectivity index (χ1n) is 5.99. The number of carbonyl (C=O) groups excluding carboxylic acids is 2. The molecule has 0 saturated carbocycles. The summed E-state index contributed by atoms with van der Waals surface area (Å²) in [5, 5.41) is 2.49. The quantitative estimate of drug-likeness (QED) is 0.816. The molecule has 0 radical (unpaired) electrons. The van der Waals surface area contributed by atoms with Crippen LogP contribution in [-0.2, 0) is 14.3 Å². The highest BCUT2D eigenvalue weighted by atomic mass is 16.5. The number of carbonyl (C=O) groups is 2. The normalized spacial score (nSPS) is 11.6. The fraction of sp³-hybridized carbons (Fsp3) is 0.429. The molecule has 104 valence electrons. The number of hydrogen-bond acceptors (Lipinski definition) is 4. The first-order chi connectivity index (χ1) is 8.93. The van der Waals surface area contributed by atoms with Gasteiger partial charge in [-0.25, -0.2) is 4.79 Å². The van der Waals surface area contributed by atoms with E-state index in [2.05, 4.69) is 10.1 Å². The Labute approximate surface area is 112 Å². The van der Waals surface area contributed by atoms with Crippen molar-refractivity contribution in [2.75, 3.05) is 13.7 Å². The number of aryl methyl sites for hydroxylation is 2. The van der Waals surface area contributed by atoms with E-state index in [9.17, 15) is 9.59 Å². The molecule has 5 heteroatoms. The molecule has 0 bridgehead atoms. The van der Waals surface area contributed by atoms with E-state index in [1.54, 1.807) is 0 Å². The maximum Gasteiger partial charge on any atom is 0.331 e. The third-order valence-electron chi connectivity index (χ3n) is 2.76. The van der Waals surface area contributed by atoms with Crippen molar-refractivity contribution in [2.45, 2.75) is 26.8 Å². The summed E-state index contributed by atoms with van der Waals surface area (Å²) < 4.78 is 10.1. The topological polar surface area (TPSA) is 64.6 Å². The average molecular weight is 265 g/mol. The maximum absolute atomic E-state index is 11.5. The SMILES string of the molecule is COC(=O)C(COc1ccc(C)c(C)c1)NC(C)=O. The van der Waals surface area contributed by atoms with Gasteiger partial charge in [0, 0.05) is 6.92 Å². The highest BCUT2D eigenvalue weighted by Gasteiger charge is 2.20. The van der Waals surface area contributed by atoms with Crippen LogP contribution in [0.4, 0.5) is 0 Å². The molecule has 1 N–H and O–H groups in total. The molecule has 0 aromatic heterocycles. The van der Waals surface area contributed by atoms with E-state index in [0.717, 1.165) is 5.56 Å². The fourth-order valence-corrected chi connectivity index (χ4v) is 1.54. The number of nitrogens with one attached hydrogen (secondary N) is 1. The Morgan fingerprint density at radius 2 is 1.95 bits per heavy atom. The van der Waals surface area contributed by atoms with Crippen molar-refractivity contribution in [3.05, 3.63) is 29.3 Å². The molecule has 1 atom stereocenters. The van der Waals surface area contributed by atoms with Crippen molar-refractivity contribution in [1.82, 2.24) is 5.32 Å². The lowest BCUT2D eigenvalue weighted by Gasteiger charge is -2.16. The van der Waals surface area contributed by atoms with Gasteiger partial charge in [0.05, 0.1) is 7.11 Å². The van der Waals surface area contributed by atoms with Crippen LogP contribution < -0.4 is 10.1 Å². The Bertz CT molecular complexity index is 471. The predicted octanol–water partition coefficient (Wildman–Crippen LogP) is 1.36. The molecule has 0 aliphatic heterocycles. The smallest absolute Gasteiger partial charge is 0.331 e. The van der Waals surface area contributed by atoms with Gasteiger partial charge in [-0.3, -0.25) is 4.79 Å². The molecule has 1 unspecified atom stereocenters. The second kappa shape index (κ2) is 6.78. The summed E-state index contributed by atoms with van der Waals surface area (Å²) in [6.07, 6.45) is 0. The standard InChI is InChI=1S/C14H19NO4/c1-9-5-6-12(7-10(9)2)19-8-13(14(17)18-4)15-11(3)16/h5-7,13H,8H2,1-4H3,(H,15,16). The Balaban J connectivity index is 2.67. The van der Waals surface area contributed by atoms with Gasteiger partial charge in [0.15, 0.2) is 6.04 Å². The number of methoxy groups -OCH3 is 1. The van der Waals surface area contributed by atoms with Crippen molar-refractivity contribution >= 4 is 11.9 Å². The summed E-state index contributed by atoms with van der Waals surface area (Å²) in [5.74, 6) is -0.180. The van der Waals surface area contributed by atoms with Gasteiger partial charge in [-0.2, -0.15) is 0 Å². The van der Waals surface area contributed by atoms with Crippen molar-refractivity contribution in [3.63, 3.8) is 0 Å². The summed E-state index contributed by atoms with van der Waals surface area (Å²) in [7, 11) is 1.27. The van der Waals surface area contributed by atoms with Gasteiger partial charge in [-0.05, 0) is 37.1 Å². The van der Waals surface area contributed by atoms with Gasteiger partial charge in [0.25, 0.3) is 0 Å². The Morgan fingerprint density at radius 1 is 1.26 bits per heavy atom. The molecule has 0 fully saturated rings. The van der Waals surface area contributed by atoms with Gasteiger partial charge in [-0.15, -0.1) is 0 Å². The first-order valence-corrected chi connectivity index (χ1v) is 5.99. The molecule has 0 saturated heterocycles. The van der Waals surface area contributed by atoms with Crippen LogP contribution in [0.15, 0.2) is 18.2 Å². The minimum absolute atomic E-state index is 0.0365. The Hall–Kier alpha value is -2.04. The van der Waals surface area contributed by atoms with Gasteiger partial charge < -0.3 is 14.8 Å². The van der Waals surface area contributed by atoms with Gasteiger partial charge in [0.2, 0.25) is 5.91 Å². The lowest BCUT2D eigenvalue weighted by molar-refractivity contribution is -0.145. The molecule has 0 aliphatic rings. The molecular weight excluding hydrogens is 246 g/mol. The van der Waals surface area contributed by atoms with E-state index in [0.29, 0.717) is 5.75 Å². The van der Waals surface area contributed by atoms with Crippen molar-refractivity contribution in [1.29, 1.82) is 0 Å². The van der Waals surface area contributed by atoms with Gasteiger partial charge >= 0.3 is 5.97 Å². The summed E-state index contributed by atoms with van der Waals surface area (Å²) in [5.41, 5.74) is 2.27. The molecular formula is C14H19NO4. The first kappa shape index (κ1) is 15.0. The number of benzene rings is 1. The third kappa shape index (κ3) is 4.62. The van der Waals surface area contributed by atoms with Crippen LogP contribution in [0.3, 0.4) is 0 Å². The van der Waals surface area contributed by atoms with E-state index in [-0.39, 0.29) is 12.5 Å². The fourth-order valence-electron chi connectivity index (χ4n) is 1.54. The lowest BCUT2D eigenvalue weighted by atomic mass is 10.1. The minimum Gasteiger partial charge on any atom is -0.491 e. The summed E-state index contributed by atoms with van der Waals surface area (Å²) in [6.45, 7) is 5.36. The molecule has 0 spiro atoms. The zero-order chi connectivity index (χ0) is 14.4. The highest BCUT2D eigenvalue weighted by molar-refractivity contribution is 5.83. The number of esters is 1.